The van der Waals surface area contributed by atoms with Crippen LogP contribution in [-0.2, 0) is 17.9 Å². The lowest BCUT2D eigenvalue weighted by atomic mass is 10.1. The highest BCUT2D eigenvalue weighted by Gasteiger charge is 2.43. The van der Waals surface area contributed by atoms with E-state index in [0.717, 1.165) is 4.68 Å². The molecule has 5 aromatic rings. The summed E-state index contributed by atoms with van der Waals surface area (Å²) in [5.41, 5.74) is 1.51. The number of aromatic nitrogens is 3. The standard InChI is InChI=1S/C29H20F3N5O4/c1-2-35(19-9-10-24-25(12-19)41-29(31,32)40-24)26(38)16-37-28(39)27-20-5-3-4-6-22(20)36(23(27)14-34-37)15-17-7-8-18(13-33)21(30)11-17/h3-12,14H,2,15-16H2,1H3. The molecule has 0 N–H and O–H groups in total. The summed E-state index contributed by atoms with van der Waals surface area (Å²) >= 11 is 0. The Hall–Kier alpha value is -5.31. The van der Waals surface area contributed by atoms with Gasteiger partial charge >= 0.3 is 6.29 Å². The van der Waals surface area contributed by atoms with Crippen LogP contribution in [-0.4, -0.2) is 33.1 Å². The first-order valence-corrected chi connectivity index (χ1v) is 12.5. The van der Waals surface area contributed by atoms with Gasteiger partial charge in [-0.15, -0.1) is 8.78 Å². The minimum atomic E-state index is -3.79. The molecule has 0 fully saturated rings. The number of anilines is 1. The van der Waals surface area contributed by atoms with Gasteiger partial charge in [0, 0.05) is 35.7 Å². The number of fused-ring (bicyclic) bond motifs is 4. The number of benzene rings is 3. The maximum atomic E-state index is 14.3. The molecular weight excluding hydrogens is 539 g/mol. The van der Waals surface area contributed by atoms with Gasteiger partial charge in [-0.2, -0.15) is 10.4 Å². The first kappa shape index (κ1) is 25.9. The van der Waals surface area contributed by atoms with Gasteiger partial charge in [-0.05, 0) is 42.8 Å². The smallest absolute Gasteiger partial charge is 0.395 e. The number of halogens is 3. The molecular formula is C29H20F3N5O4. The van der Waals surface area contributed by atoms with Crippen LogP contribution in [0.4, 0.5) is 18.9 Å². The van der Waals surface area contributed by atoms with Gasteiger partial charge in [0.25, 0.3) is 5.56 Å². The van der Waals surface area contributed by atoms with E-state index >= 15 is 0 Å². The van der Waals surface area contributed by atoms with Gasteiger partial charge in [0.2, 0.25) is 5.91 Å². The van der Waals surface area contributed by atoms with E-state index in [4.69, 9.17) is 5.26 Å². The largest absolute Gasteiger partial charge is 0.586 e. The number of alkyl halides is 2. The number of rotatable bonds is 6. The summed E-state index contributed by atoms with van der Waals surface area (Å²) in [5, 5.41) is 14.3. The maximum Gasteiger partial charge on any atom is 0.586 e. The van der Waals surface area contributed by atoms with Crippen LogP contribution in [0.15, 0.2) is 71.7 Å². The second-order valence-electron chi connectivity index (χ2n) is 9.33. The highest BCUT2D eigenvalue weighted by molar-refractivity contribution is 6.07. The van der Waals surface area contributed by atoms with Crippen molar-refractivity contribution in [1.29, 1.82) is 5.26 Å². The molecule has 3 aromatic carbocycles. The predicted molar refractivity (Wildman–Crippen MR) is 142 cm³/mol. The summed E-state index contributed by atoms with van der Waals surface area (Å²) in [7, 11) is 0. The zero-order chi connectivity index (χ0) is 28.9. The van der Waals surface area contributed by atoms with E-state index in [1.54, 1.807) is 31.2 Å². The molecule has 1 amide bonds. The number of carbonyl (C=O) groups is 1. The molecule has 0 saturated carbocycles. The molecule has 1 aliphatic heterocycles. The van der Waals surface area contributed by atoms with Crippen molar-refractivity contribution in [3.63, 3.8) is 0 Å². The Morgan fingerprint density at radius 2 is 1.85 bits per heavy atom. The van der Waals surface area contributed by atoms with Gasteiger partial charge in [-0.1, -0.05) is 24.3 Å². The normalized spacial score (nSPS) is 13.4. The fourth-order valence-electron chi connectivity index (χ4n) is 5.02. The summed E-state index contributed by atoms with van der Waals surface area (Å²) < 4.78 is 53.0. The van der Waals surface area contributed by atoms with Crippen LogP contribution in [0.3, 0.4) is 0 Å². The molecule has 3 heterocycles. The molecule has 0 spiro atoms. The Bertz CT molecular complexity index is 1960. The van der Waals surface area contributed by atoms with Crippen molar-refractivity contribution in [2.75, 3.05) is 11.4 Å². The number of likely N-dealkylation sites (N-methyl/N-ethyl adjacent to an activating group) is 1. The summed E-state index contributed by atoms with van der Waals surface area (Å²) in [4.78, 5) is 28.3. The third-order valence-electron chi connectivity index (χ3n) is 6.87. The topological polar surface area (TPSA) is 102 Å². The number of para-hydroxylation sites is 1. The zero-order valence-electron chi connectivity index (χ0n) is 21.5. The molecule has 41 heavy (non-hydrogen) atoms. The average Bonchev–Trinajstić information content (AvgIpc) is 3.43. The van der Waals surface area contributed by atoms with Crippen LogP contribution >= 0.6 is 0 Å². The Labute approximate surface area is 230 Å². The number of amides is 1. The van der Waals surface area contributed by atoms with E-state index in [2.05, 4.69) is 14.6 Å². The Kier molecular flexibility index (Phi) is 6.14. The van der Waals surface area contributed by atoms with E-state index in [1.807, 2.05) is 16.7 Å². The van der Waals surface area contributed by atoms with Crippen molar-refractivity contribution in [3.8, 4) is 17.6 Å². The highest BCUT2D eigenvalue weighted by atomic mass is 19.3. The van der Waals surface area contributed by atoms with Gasteiger partial charge in [0.15, 0.2) is 11.5 Å². The maximum absolute atomic E-state index is 14.3. The average molecular weight is 560 g/mol. The third-order valence-corrected chi connectivity index (χ3v) is 6.87. The lowest BCUT2D eigenvalue weighted by Crippen LogP contribution is -2.37. The first-order chi connectivity index (χ1) is 19.7. The lowest BCUT2D eigenvalue weighted by molar-refractivity contribution is -0.286. The van der Waals surface area contributed by atoms with Crippen LogP contribution in [0.5, 0.6) is 11.5 Å². The van der Waals surface area contributed by atoms with Gasteiger partial charge < -0.3 is 18.9 Å². The number of carbonyl (C=O) groups excluding carboxylic acids is 1. The molecule has 0 radical (unpaired) electrons. The Morgan fingerprint density at radius 1 is 1.07 bits per heavy atom. The molecule has 0 unspecified atom stereocenters. The lowest BCUT2D eigenvalue weighted by Gasteiger charge is -2.21. The molecule has 0 bridgehead atoms. The monoisotopic (exact) mass is 559 g/mol. The van der Waals surface area contributed by atoms with Crippen molar-refractivity contribution in [3.05, 3.63) is 94.2 Å². The minimum absolute atomic E-state index is 0.0648. The van der Waals surface area contributed by atoms with Crippen molar-refractivity contribution < 1.29 is 27.4 Å². The summed E-state index contributed by atoms with van der Waals surface area (Å²) in [5.74, 6) is -1.48. The second-order valence-corrected chi connectivity index (χ2v) is 9.33. The van der Waals surface area contributed by atoms with Crippen LogP contribution in [0, 0.1) is 17.1 Å². The molecule has 0 atom stereocenters. The van der Waals surface area contributed by atoms with E-state index < -0.39 is 30.1 Å². The molecule has 9 nitrogen and oxygen atoms in total. The molecule has 206 valence electrons. The van der Waals surface area contributed by atoms with Crippen LogP contribution in [0.2, 0.25) is 0 Å². The molecule has 2 aromatic heterocycles. The van der Waals surface area contributed by atoms with Crippen molar-refractivity contribution in [1.82, 2.24) is 14.3 Å². The summed E-state index contributed by atoms with van der Waals surface area (Å²) in [6, 6.07) is 17.3. The Balaban J connectivity index is 1.35. The summed E-state index contributed by atoms with van der Waals surface area (Å²) in [6.07, 6.45) is -2.31. The van der Waals surface area contributed by atoms with Gasteiger partial charge in [0.05, 0.1) is 22.7 Å². The van der Waals surface area contributed by atoms with Crippen molar-refractivity contribution in [2.24, 2.45) is 0 Å². The van der Waals surface area contributed by atoms with Gasteiger partial charge in [-0.25, -0.2) is 9.07 Å². The minimum Gasteiger partial charge on any atom is -0.395 e. The van der Waals surface area contributed by atoms with Gasteiger partial charge in [0.1, 0.15) is 18.4 Å². The number of ether oxygens (including phenoxy) is 2. The van der Waals surface area contributed by atoms with Crippen molar-refractivity contribution in [2.45, 2.75) is 26.3 Å². The highest BCUT2D eigenvalue weighted by Crippen LogP contribution is 2.42. The molecule has 12 heteroatoms. The molecule has 0 aliphatic carbocycles. The molecule has 0 saturated heterocycles. The molecule has 1 aliphatic rings. The van der Waals surface area contributed by atoms with Crippen LogP contribution < -0.4 is 19.9 Å². The van der Waals surface area contributed by atoms with Crippen LogP contribution in [0.25, 0.3) is 21.8 Å². The quantitative estimate of drug-likeness (QED) is 0.297. The predicted octanol–water partition coefficient (Wildman–Crippen LogP) is 4.78. The fraction of sp³-hybridized carbons (Fsp3) is 0.172. The van der Waals surface area contributed by atoms with E-state index in [0.29, 0.717) is 27.4 Å². The third kappa shape index (κ3) is 4.51. The Morgan fingerprint density at radius 3 is 2.61 bits per heavy atom. The second kappa shape index (κ2) is 9.71. The van der Waals surface area contributed by atoms with E-state index in [-0.39, 0.29) is 35.8 Å². The zero-order valence-corrected chi connectivity index (χ0v) is 21.5. The number of hydrogen-bond donors (Lipinski definition) is 0. The number of hydrogen-bond acceptors (Lipinski definition) is 6. The number of nitriles is 1. The fourth-order valence-corrected chi connectivity index (χ4v) is 5.02. The van der Waals surface area contributed by atoms with Crippen LogP contribution in [0.1, 0.15) is 18.1 Å². The molecule has 6 rings (SSSR count). The van der Waals surface area contributed by atoms with Gasteiger partial charge in [-0.3, -0.25) is 9.59 Å². The van der Waals surface area contributed by atoms with E-state index in [1.165, 1.54) is 41.4 Å². The summed E-state index contributed by atoms with van der Waals surface area (Å²) in [6.45, 7) is 1.69. The van der Waals surface area contributed by atoms with E-state index in [9.17, 15) is 22.8 Å². The van der Waals surface area contributed by atoms with Crippen molar-refractivity contribution >= 4 is 33.4 Å². The first-order valence-electron chi connectivity index (χ1n) is 12.5. The SMILES string of the molecule is CCN(C(=O)Cn1ncc2c(c1=O)c1ccccc1n2Cc1ccc(C#N)c(F)c1)c1ccc2c(c1)OC(F)(F)O2. The number of nitrogens with zero attached hydrogens (tertiary/aromatic N) is 5.